The highest BCUT2D eigenvalue weighted by atomic mass is 16.5. The van der Waals surface area contributed by atoms with Crippen LogP contribution in [0.4, 0.5) is 0 Å². The van der Waals surface area contributed by atoms with Crippen molar-refractivity contribution in [3.8, 4) is 5.75 Å². The van der Waals surface area contributed by atoms with Crippen molar-refractivity contribution in [2.75, 3.05) is 13.2 Å². The zero-order chi connectivity index (χ0) is 17.8. The Bertz CT molecular complexity index is 1050. The van der Waals surface area contributed by atoms with Crippen LogP contribution in [0.25, 0.3) is 21.7 Å². The maximum Gasteiger partial charge on any atom is 0.257 e. The summed E-state index contributed by atoms with van der Waals surface area (Å²) < 4.78 is 5.62. The second kappa shape index (κ2) is 7.31. The SMILES string of the molecule is O=C(COc1ccc2ccccc2c1)NCCc1c[nH]c2ccccc12. The summed E-state index contributed by atoms with van der Waals surface area (Å²) in [4.78, 5) is 15.3. The Balaban J connectivity index is 1.28. The first-order chi connectivity index (χ1) is 12.8. The highest BCUT2D eigenvalue weighted by Gasteiger charge is 2.06. The van der Waals surface area contributed by atoms with Gasteiger partial charge in [0.25, 0.3) is 5.91 Å². The van der Waals surface area contributed by atoms with Crippen molar-refractivity contribution in [3.05, 3.63) is 78.5 Å². The third kappa shape index (κ3) is 3.54. The standard InChI is InChI=1S/C22H20N2O2/c25-22(15-26-19-10-9-16-5-1-2-6-17(16)13-19)23-12-11-18-14-24-21-8-4-3-7-20(18)21/h1-10,13-14,24H,11-12,15H2,(H,23,25). The lowest BCUT2D eigenvalue weighted by atomic mass is 10.1. The average Bonchev–Trinajstić information content (AvgIpc) is 3.09. The van der Waals surface area contributed by atoms with E-state index in [0.29, 0.717) is 12.3 Å². The molecule has 0 aliphatic rings. The lowest BCUT2D eigenvalue weighted by Crippen LogP contribution is -2.30. The molecule has 2 N–H and O–H groups in total. The number of rotatable bonds is 6. The molecule has 1 heterocycles. The van der Waals surface area contributed by atoms with Gasteiger partial charge in [-0.25, -0.2) is 0 Å². The molecule has 130 valence electrons. The monoisotopic (exact) mass is 344 g/mol. The predicted molar refractivity (Wildman–Crippen MR) is 104 cm³/mol. The molecule has 4 rings (SSSR count). The van der Waals surface area contributed by atoms with Gasteiger partial charge >= 0.3 is 0 Å². The lowest BCUT2D eigenvalue weighted by Gasteiger charge is -2.08. The molecule has 0 atom stereocenters. The van der Waals surface area contributed by atoms with Gasteiger partial charge in [-0.05, 0) is 41.0 Å². The topological polar surface area (TPSA) is 54.1 Å². The van der Waals surface area contributed by atoms with Crippen molar-refractivity contribution in [2.24, 2.45) is 0 Å². The number of ether oxygens (including phenoxy) is 1. The summed E-state index contributed by atoms with van der Waals surface area (Å²) in [7, 11) is 0. The van der Waals surface area contributed by atoms with Crippen LogP contribution in [0.15, 0.2) is 72.9 Å². The van der Waals surface area contributed by atoms with Crippen LogP contribution in [-0.2, 0) is 11.2 Å². The van der Waals surface area contributed by atoms with Crippen LogP contribution >= 0.6 is 0 Å². The molecule has 0 aliphatic heterocycles. The van der Waals surface area contributed by atoms with E-state index in [4.69, 9.17) is 4.74 Å². The predicted octanol–water partition coefficient (Wildman–Crippen LogP) is 4.06. The zero-order valence-corrected chi connectivity index (χ0v) is 14.4. The molecule has 0 fully saturated rings. The summed E-state index contributed by atoms with van der Waals surface area (Å²) in [6.07, 6.45) is 2.79. The Hall–Kier alpha value is -3.27. The third-order valence-corrected chi connectivity index (χ3v) is 4.48. The van der Waals surface area contributed by atoms with E-state index in [1.54, 1.807) is 0 Å². The number of hydrogen-bond donors (Lipinski definition) is 2. The van der Waals surface area contributed by atoms with Gasteiger partial charge in [-0.15, -0.1) is 0 Å². The summed E-state index contributed by atoms with van der Waals surface area (Å²) in [5, 5.41) is 6.38. The van der Waals surface area contributed by atoms with E-state index in [1.807, 2.05) is 54.7 Å². The second-order valence-corrected chi connectivity index (χ2v) is 6.26. The van der Waals surface area contributed by atoms with E-state index in [2.05, 4.69) is 28.5 Å². The van der Waals surface area contributed by atoms with Crippen LogP contribution in [0.5, 0.6) is 5.75 Å². The minimum absolute atomic E-state index is 0.0201. The van der Waals surface area contributed by atoms with E-state index in [0.717, 1.165) is 22.7 Å². The van der Waals surface area contributed by atoms with Crippen LogP contribution < -0.4 is 10.1 Å². The number of amides is 1. The first-order valence-electron chi connectivity index (χ1n) is 8.73. The van der Waals surface area contributed by atoms with Crippen LogP contribution in [0.1, 0.15) is 5.56 Å². The molecule has 0 saturated heterocycles. The molecule has 4 heteroatoms. The number of aromatic amines is 1. The van der Waals surface area contributed by atoms with Crippen molar-refractivity contribution in [1.29, 1.82) is 0 Å². The number of carbonyl (C=O) groups excluding carboxylic acids is 1. The fraction of sp³-hybridized carbons (Fsp3) is 0.136. The summed E-state index contributed by atoms with van der Waals surface area (Å²) in [5.74, 6) is 0.591. The van der Waals surface area contributed by atoms with E-state index in [9.17, 15) is 4.79 Å². The molecule has 4 nitrogen and oxygen atoms in total. The minimum atomic E-state index is -0.113. The molecule has 1 amide bonds. The Morgan fingerprint density at radius 1 is 0.962 bits per heavy atom. The molecular weight excluding hydrogens is 324 g/mol. The van der Waals surface area contributed by atoms with Crippen molar-refractivity contribution < 1.29 is 9.53 Å². The maximum atomic E-state index is 12.0. The summed E-state index contributed by atoms with van der Waals surface area (Å²) in [6.45, 7) is 0.605. The van der Waals surface area contributed by atoms with Gasteiger partial charge in [0.2, 0.25) is 0 Å². The lowest BCUT2D eigenvalue weighted by molar-refractivity contribution is -0.123. The highest BCUT2D eigenvalue weighted by Crippen LogP contribution is 2.20. The summed E-state index contributed by atoms with van der Waals surface area (Å²) in [5.41, 5.74) is 2.32. The zero-order valence-electron chi connectivity index (χ0n) is 14.4. The normalized spacial score (nSPS) is 10.9. The van der Waals surface area contributed by atoms with Gasteiger partial charge < -0.3 is 15.0 Å². The molecule has 0 saturated carbocycles. The molecular formula is C22H20N2O2. The highest BCUT2D eigenvalue weighted by molar-refractivity contribution is 5.84. The molecule has 0 aliphatic carbocycles. The third-order valence-electron chi connectivity index (χ3n) is 4.48. The van der Waals surface area contributed by atoms with E-state index >= 15 is 0 Å². The van der Waals surface area contributed by atoms with Gasteiger partial charge in [-0.1, -0.05) is 48.5 Å². The molecule has 4 aromatic rings. The van der Waals surface area contributed by atoms with E-state index < -0.39 is 0 Å². The van der Waals surface area contributed by atoms with Crippen LogP contribution in [0.2, 0.25) is 0 Å². The maximum absolute atomic E-state index is 12.0. The Kier molecular flexibility index (Phi) is 4.56. The van der Waals surface area contributed by atoms with Gasteiger partial charge in [-0.2, -0.15) is 0 Å². The number of H-pyrrole nitrogens is 1. The molecule has 1 aromatic heterocycles. The smallest absolute Gasteiger partial charge is 0.257 e. The Morgan fingerprint density at radius 3 is 2.69 bits per heavy atom. The molecule has 0 bridgehead atoms. The first-order valence-corrected chi connectivity index (χ1v) is 8.73. The number of nitrogens with one attached hydrogen (secondary N) is 2. The summed E-state index contributed by atoms with van der Waals surface area (Å²) in [6, 6.07) is 22.1. The molecule has 3 aromatic carbocycles. The Labute approximate surface area is 151 Å². The quantitative estimate of drug-likeness (QED) is 0.554. The largest absolute Gasteiger partial charge is 0.484 e. The molecule has 0 unspecified atom stereocenters. The van der Waals surface area contributed by atoms with Crippen molar-refractivity contribution >= 4 is 27.6 Å². The average molecular weight is 344 g/mol. The van der Waals surface area contributed by atoms with Crippen LogP contribution in [0, 0.1) is 0 Å². The van der Waals surface area contributed by atoms with Crippen LogP contribution in [0.3, 0.4) is 0 Å². The van der Waals surface area contributed by atoms with Gasteiger partial charge in [0.15, 0.2) is 6.61 Å². The molecule has 0 spiro atoms. The van der Waals surface area contributed by atoms with Crippen molar-refractivity contribution in [2.45, 2.75) is 6.42 Å². The number of fused-ring (bicyclic) bond motifs is 2. The second-order valence-electron chi connectivity index (χ2n) is 6.26. The van der Waals surface area contributed by atoms with Crippen molar-refractivity contribution in [3.63, 3.8) is 0 Å². The first kappa shape index (κ1) is 16.2. The van der Waals surface area contributed by atoms with Gasteiger partial charge in [0.1, 0.15) is 5.75 Å². The van der Waals surface area contributed by atoms with Crippen molar-refractivity contribution in [1.82, 2.24) is 10.3 Å². The number of hydrogen-bond acceptors (Lipinski definition) is 2. The van der Waals surface area contributed by atoms with Gasteiger partial charge in [-0.3, -0.25) is 4.79 Å². The number of benzene rings is 3. The number of carbonyl (C=O) groups is 1. The fourth-order valence-corrected chi connectivity index (χ4v) is 3.13. The van der Waals surface area contributed by atoms with Crippen LogP contribution in [-0.4, -0.2) is 24.0 Å². The minimum Gasteiger partial charge on any atom is -0.484 e. The number of aromatic nitrogens is 1. The molecule has 26 heavy (non-hydrogen) atoms. The Morgan fingerprint density at radius 2 is 1.77 bits per heavy atom. The van der Waals surface area contributed by atoms with E-state index in [-0.39, 0.29) is 12.5 Å². The van der Waals surface area contributed by atoms with Gasteiger partial charge in [0.05, 0.1) is 0 Å². The van der Waals surface area contributed by atoms with Gasteiger partial charge in [0, 0.05) is 23.6 Å². The molecule has 0 radical (unpaired) electrons. The fourth-order valence-electron chi connectivity index (χ4n) is 3.13. The number of para-hydroxylation sites is 1. The summed E-state index contributed by atoms with van der Waals surface area (Å²) >= 11 is 0. The van der Waals surface area contributed by atoms with E-state index in [1.165, 1.54) is 10.9 Å².